The zero-order valence-corrected chi connectivity index (χ0v) is 14.3. The molecular formula is C18H31NO4. The first-order valence-corrected chi connectivity index (χ1v) is 8.92. The molecule has 1 aliphatic rings. The van der Waals surface area contributed by atoms with Gasteiger partial charge in [-0.25, -0.2) is 4.79 Å². The molecule has 0 aromatic rings. The molecule has 0 aromatic carbocycles. The second kappa shape index (κ2) is 12.1. The molecule has 1 saturated heterocycles. The number of nitrogens with one attached hydrogen (secondary N) is 1. The fraction of sp³-hybridized carbons (Fsp3) is 0.778. The molecular weight excluding hydrogens is 294 g/mol. The maximum absolute atomic E-state index is 11.7. The lowest BCUT2D eigenvalue weighted by Crippen LogP contribution is -2.39. The van der Waals surface area contributed by atoms with E-state index in [1.807, 2.05) is 0 Å². The summed E-state index contributed by atoms with van der Waals surface area (Å²) in [4.78, 5) is 23.0. The van der Waals surface area contributed by atoms with Gasteiger partial charge in [-0.3, -0.25) is 4.79 Å². The van der Waals surface area contributed by atoms with Gasteiger partial charge in [-0.15, -0.1) is 0 Å². The molecule has 0 spiro atoms. The van der Waals surface area contributed by atoms with Gasteiger partial charge >= 0.3 is 5.97 Å². The van der Waals surface area contributed by atoms with Gasteiger partial charge < -0.3 is 15.2 Å². The monoisotopic (exact) mass is 325 g/mol. The Bertz CT molecular complexity index is 381. The summed E-state index contributed by atoms with van der Waals surface area (Å²) in [6, 6.07) is -0.537. The smallest absolute Gasteiger partial charge is 0.328 e. The van der Waals surface area contributed by atoms with E-state index in [1.54, 1.807) is 0 Å². The highest BCUT2D eigenvalue weighted by atomic mass is 16.5. The van der Waals surface area contributed by atoms with Crippen LogP contribution in [0.3, 0.4) is 0 Å². The number of cyclic esters (lactones) is 1. The van der Waals surface area contributed by atoms with E-state index in [-0.39, 0.29) is 18.3 Å². The molecule has 5 heteroatoms. The van der Waals surface area contributed by atoms with E-state index in [4.69, 9.17) is 4.74 Å². The van der Waals surface area contributed by atoms with E-state index < -0.39 is 12.1 Å². The van der Waals surface area contributed by atoms with Crippen LogP contribution in [0.1, 0.15) is 71.1 Å². The predicted molar refractivity (Wildman–Crippen MR) is 89.9 cm³/mol. The second-order valence-electron chi connectivity index (χ2n) is 6.19. The SMILES string of the molecule is CCCCCCC=CCCCC(O)CC(=O)N[C@H]1CCOC1=O. The molecule has 0 saturated carbocycles. The van der Waals surface area contributed by atoms with E-state index in [9.17, 15) is 14.7 Å². The summed E-state index contributed by atoms with van der Waals surface area (Å²) in [5, 5.41) is 12.5. The Morgan fingerprint density at radius 1 is 1.30 bits per heavy atom. The number of aliphatic hydroxyl groups is 1. The van der Waals surface area contributed by atoms with Gasteiger partial charge in [-0.1, -0.05) is 38.3 Å². The number of amides is 1. The zero-order valence-electron chi connectivity index (χ0n) is 14.3. The average molecular weight is 325 g/mol. The molecule has 1 rings (SSSR count). The number of rotatable bonds is 12. The average Bonchev–Trinajstić information content (AvgIpc) is 2.90. The van der Waals surface area contributed by atoms with Crippen LogP contribution in [-0.2, 0) is 14.3 Å². The molecule has 0 aliphatic carbocycles. The summed E-state index contributed by atoms with van der Waals surface area (Å²) in [5.41, 5.74) is 0. The summed E-state index contributed by atoms with van der Waals surface area (Å²) in [7, 11) is 0. The fourth-order valence-corrected chi connectivity index (χ4v) is 2.59. The molecule has 1 amide bonds. The third kappa shape index (κ3) is 9.39. The Morgan fingerprint density at radius 2 is 2.04 bits per heavy atom. The minimum absolute atomic E-state index is 0.0461. The first-order chi connectivity index (χ1) is 11.1. The van der Waals surface area contributed by atoms with Crippen LogP contribution in [-0.4, -0.2) is 35.7 Å². The fourth-order valence-electron chi connectivity index (χ4n) is 2.59. The molecule has 2 atom stereocenters. The van der Waals surface area contributed by atoms with Crippen molar-refractivity contribution in [3.8, 4) is 0 Å². The van der Waals surface area contributed by atoms with Crippen LogP contribution >= 0.6 is 0 Å². The third-order valence-electron chi connectivity index (χ3n) is 3.99. The highest BCUT2D eigenvalue weighted by molar-refractivity contribution is 5.85. The molecule has 0 radical (unpaired) electrons. The number of esters is 1. The number of aliphatic hydroxyl groups excluding tert-OH is 1. The number of allylic oxidation sites excluding steroid dienone is 2. The summed E-state index contributed by atoms with van der Waals surface area (Å²) >= 11 is 0. The van der Waals surface area contributed by atoms with Crippen molar-refractivity contribution in [2.45, 2.75) is 83.3 Å². The van der Waals surface area contributed by atoms with Crippen LogP contribution in [0.4, 0.5) is 0 Å². The van der Waals surface area contributed by atoms with Crippen LogP contribution in [0.15, 0.2) is 12.2 Å². The summed E-state index contributed by atoms with van der Waals surface area (Å²) < 4.78 is 4.78. The van der Waals surface area contributed by atoms with Gasteiger partial charge in [-0.05, 0) is 32.1 Å². The van der Waals surface area contributed by atoms with Crippen LogP contribution in [0.25, 0.3) is 0 Å². The van der Waals surface area contributed by atoms with Gasteiger partial charge in [0.25, 0.3) is 0 Å². The molecule has 1 unspecified atom stereocenters. The van der Waals surface area contributed by atoms with Gasteiger partial charge in [-0.2, -0.15) is 0 Å². The normalized spacial score (nSPS) is 19.0. The van der Waals surface area contributed by atoms with Gasteiger partial charge in [0.15, 0.2) is 0 Å². The maximum atomic E-state index is 11.7. The number of carbonyl (C=O) groups excluding carboxylic acids is 2. The van der Waals surface area contributed by atoms with E-state index in [2.05, 4.69) is 24.4 Å². The Balaban J connectivity index is 2.01. The highest BCUT2D eigenvalue weighted by Gasteiger charge is 2.28. The minimum Gasteiger partial charge on any atom is -0.464 e. The topological polar surface area (TPSA) is 75.6 Å². The molecule has 132 valence electrons. The summed E-state index contributed by atoms with van der Waals surface area (Å²) in [6.07, 6.45) is 12.9. The number of carbonyl (C=O) groups is 2. The molecule has 1 aliphatic heterocycles. The van der Waals surface area contributed by atoms with E-state index >= 15 is 0 Å². The highest BCUT2D eigenvalue weighted by Crippen LogP contribution is 2.09. The third-order valence-corrected chi connectivity index (χ3v) is 3.99. The largest absolute Gasteiger partial charge is 0.464 e. The van der Waals surface area contributed by atoms with Crippen molar-refractivity contribution in [2.75, 3.05) is 6.61 Å². The predicted octanol–water partition coefficient (Wildman–Crippen LogP) is 2.87. The standard InChI is InChI=1S/C18H31NO4/c1-2-3-4-5-6-7-8-9-10-11-15(20)14-17(21)19-16-12-13-23-18(16)22/h7-8,15-16,20H,2-6,9-14H2,1H3,(H,19,21)/t15?,16-/m0/s1. The van der Waals surface area contributed by atoms with Crippen molar-refractivity contribution in [1.82, 2.24) is 5.32 Å². The van der Waals surface area contributed by atoms with Crippen LogP contribution in [0.5, 0.6) is 0 Å². The first kappa shape index (κ1) is 19.7. The van der Waals surface area contributed by atoms with Crippen molar-refractivity contribution in [3.63, 3.8) is 0 Å². The van der Waals surface area contributed by atoms with E-state index in [0.717, 1.165) is 19.3 Å². The Labute approximate surface area is 139 Å². The number of hydrogen-bond donors (Lipinski definition) is 2. The molecule has 0 aromatic heterocycles. The minimum atomic E-state index is -0.648. The maximum Gasteiger partial charge on any atom is 0.328 e. The zero-order chi connectivity index (χ0) is 16.9. The lowest BCUT2D eigenvalue weighted by molar-refractivity contribution is -0.141. The molecule has 2 N–H and O–H groups in total. The Kier molecular flexibility index (Phi) is 10.4. The van der Waals surface area contributed by atoms with Gasteiger partial charge in [0.05, 0.1) is 19.1 Å². The quantitative estimate of drug-likeness (QED) is 0.329. The number of hydrogen-bond acceptors (Lipinski definition) is 4. The molecule has 0 bridgehead atoms. The van der Waals surface area contributed by atoms with Gasteiger partial charge in [0, 0.05) is 6.42 Å². The van der Waals surface area contributed by atoms with Crippen LogP contribution in [0.2, 0.25) is 0 Å². The van der Waals surface area contributed by atoms with Crippen molar-refractivity contribution < 1.29 is 19.4 Å². The summed E-state index contributed by atoms with van der Waals surface area (Å²) in [6.45, 7) is 2.57. The van der Waals surface area contributed by atoms with Crippen molar-refractivity contribution in [2.24, 2.45) is 0 Å². The van der Waals surface area contributed by atoms with Crippen LogP contribution in [0, 0.1) is 0 Å². The van der Waals surface area contributed by atoms with Crippen LogP contribution < -0.4 is 5.32 Å². The molecule has 1 heterocycles. The lowest BCUT2D eigenvalue weighted by Gasteiger charge is -2.12. The van der Waals surface area contributed by atoms with E-state index in [0.29, 0.717) is 19.4 Å². The Hall–Kier alpha value is -1.36. The first-order valence-electron chi connectivity index (χ1n) is 8.92. The second-order valence-corrected chi connectivity index (χ2v) is 6.19. The molecule has 1 fully saturated rings. The van der Waals surface area contributed by atoms with E-state index in [1.165, 1.54) is 25.7 Å². The van der Waals surface area contributed by atoms with Crippen molar-refractivity contribution in [1.29, 1.82) is 0 Å². The van der Waals surface area contributed by atoms with Crippen molar-refractivity contribution >= 4 is 11.9 Å². The van der Waals surface area contributed by atoms with Gasteiger partial charge in [0.1, 0.15) is 6.04 Å². The number of ether oxygens (including phenoxy) is 1. The molecule has 23 heavy (non-hydrogen) atoms. The number of unbranched alkanes of at least 4 members (excludes halogenated alkanes) is 5. The molecule has 5 nitrogen and oxygen atoms in total. The Morgan fingerprint density at radius 3 is 2.70 bits per heavy atom. The summed E-state index contributed by atoms with van der Waals surface area (Å²) in [5.74, 6) is -0.662. The van der Waals surface area contributed by atoms with Gasteiger partial charge in [0.2, 0.25) is 5.91 Å². The van der Waals surface area contributed by atoms with Crippen molar-refractivity contribution in [3.05, 3.63) is 12.2 Å². The lowest BCUT2D eigenvalue weighted by atomic mass is 10.1.